The summed E-state index contributed by atoms with van der Waals surface area (Å²) in [5, 5.41) is 1.36. The van der Waals surface area contributed by atoms with Gasteiger partial charge in [-0.2, -0.15) is 0 Å². The highest BCUT2D eigenvalue weighted by Gasteiger charge is 2.35. The number of rotatable bonds is 3. The predicted octanol–water partition coefficient (Wildman–Crippen LogP) is 4.76. The summed E-state index contributed by atoms with van der Waals surface area (Å²) in [7, 11) is 1.68. The van der Waals surface area contributed by atoms with E-state index in [0.29, 0.717) is 5.92 Å². The fraction of sp³-hybridized carbons (Fsp3) is 0.591. The molecular weight excluding hydrogens is 324 g/mol. The van der Waals surface area contributed by atoms with Crippen LogP contribution in [0.5, 0.6) is 0 Å². The number of H-pyrrole nitrogens is 1. The molecule has 0 bridgehead atoms. The van der Waals surface area contributed by atoms with Crippen molar-refractivity contribution in [3.05, 3.63) is 35.0 Å². The maximum Gasteiger partial charge on any atom is 0.210 e. The molecule has 1 aromatic carbocycles. The van der Waals surface area contributed by atoms with Crippen molar-refractivity contribution in [2.45, 2.75) is 58.4 Å². The number of nitrogens with one attached hydrogen (secondary N) is 1. The molecule has 1 amide bonds. The maximum absolute atomic E-state index is 11.6. The highest BCUT2D eigenvalue weighted by atomic mass is 16.5. The molecule has 2 heterocycles. The van der Waals surface area contributed by atoms with Crippen molar-refractivity contribution < 1.29 is 9.53 Å². The number of hydrogen-bond donors (Lipinski definition) is 1. The third-order valence-electron chi connectivity index (χ3n) is 5.89. The second-order valence-corrected chi connectivity index (χ2v) is 7.58. The molecule has 0 radical (unpaired) electrons. The second-order valence-electron chi connectivity index (χ2n) is 7.58. The Morgan fingerprint density at radius 1 is 1.27 bits per heavy atom. The molecule has 4 rings (SSSR count). The SMILES string of the molecule is CCOC.Cc1ccc2[nH]c3c(c2c1)CCN(C=O)C3C1CCCCC1. The van der Waals surface area contributed by atoms with E-state index in [0.717, 1.165) is 26.0 Å². The van der Waals surface area contributed by atoms with Gasteiger partial charge in [-0.1, -0.05) is 30.9 Å². The molecular formula is C22H32N2O2. The first-order valence-electron chi connectivity index (χ1n) is 10.0. The van der Waals surface area contributed by atoms with Gasteiger partial charge < -0.3 is 14.6 Å². The molecule has 1 aromatic heterocycles. The van der Waals surface area contributed by atoms with Crippen LogP contribution in [0.3, 0.4) is 0 Å². The molecule has 0 saturated heterocycles. The number of hydrogen-bond acceptors (Lipinski definition) is 2. The number of carbonyl (C=O) groups excluding carboxylic acids is 1. The van der Waals surface area contributed by atoms with Crippen LogP contribution in [0, 0.1) is 12.8 Å². The Balaban J connectivity index is 0.000000447. The Kier molecular flexibility index (Phi) is 6.36. The van der Waals surface area contributed by atoms with Gasteiger partial charge in [-0.3, -0.25) is 4.79 Å². The molecule has 1 aliphatic carbocycles. The van der Waals surface area contributed by atoms with Crippen molar-refractivity contribution >= 4 is 17.3 Å². The van der Waals surface area contributed by atoms with E-state index in [2.05, 4.69) is 34.8 Å². The molecule has 142 valence electrons. The predicted molar refractivity (Wildman–Crippen MR) is 106 cm³/mol. The van der Waals surface area contributed by atoms with E-state index in [1.165, 1.54) is 59.8 Å². The molecule has 1 atom stereocenters. The second kappa shape index (κ2) is 8.72. The van der Waals surface area contributed by atoms with E-state index >= 15 is 0 Å². The summed E-state index contributed by atoms with van der Waals surface area (Å²) in [5.41, 5.74) is 5.30. The minimum atomic E-state index is 0.259. The number of methoxy groups -OCH3 is 1. The Hall–Kier alpha value is -1.81. The monoisotopic (exact) mass is 356 g/mol. The van der Waals surface area contributed by atoms with Gasteiger partial charge >= 0.3 is 0 Å². The van der Waals surface area contributed by atoms with Crippen LogP contribution in [-0.2, 0) is 16.0 Å². The van der Waals surface area contributed by atoms with Crippen LogP contribution in [0.15, 0.2) is 18.2 Å². The van der Waals surface area contributed by atoms with Crippen LogP contribution in [-0.4, -0.2) is 36.6 Å². The number of amides is 1. The molecule has 0 spiro atoms. The van der Waals surface area contributed by atoms with Crippen molar-refractivity contribution in [2.24, 2.45) is 5.92 Å². The number of nitrogens with zero attached hydrogens (tertiary/aromatic N) is 1. The van der Waals surface area contributed by atoms with Gasteiger partial charge in [-0.25, -0.2) is 0 Å². The zero-order valence-electron chi connectivity index (χ0n) is 16.4. The molecule has 26 heavy (non-hydrogen) atoms. The van der Waals surface area contributed by atoms with E-state index in [-0.39, 0.29) is 6.04 Å². The number of aromatic amines is 1. The minimum Gasteiger partial charge on any atom is -0.385 e. The van der Waals surface area contributed by atoms with Gasteiger partial charge in [0.15, 0.2) is 0 Å². The van der Waals surface area contributed by atoms with Crippen LogP contribution in [0.4, 0.5) is 0 Å². The van der Waals surface area contributed by atoms with Gasteiger partial charge in [-0.15, -0.1) is 0 Å². The van der Waals surface area contributed by atoms with Crippen LogP contribution in [0.2, 0.25) is 0 Å². The first-order valence-corrected chi connectivity index (χ1v) is 10.0. The zero-order valence-corrected chi connectivity index (χ0v) is 16.4. The molecule has 1 N–H and O–H groups in total. The van der Waals surface area contributed by atoms with Gasteiger partial charge in [0.2, 0.25) is 6.41 Å². The molecule has 1 fully saturated rings. The molecule has 1 unspecified atom stereocenters. The molecule has 2 aliphatic rings. The number of fused-ring (bicyclic) bond motifs is 3. The Labute approximate surface area is 156 Å². The Bertz CT molecular complexity index is 729. The van der Waals surface area contributed by atoms with Crippen molar-refractivity contribution in [3.8, 4) is 0 Å². The molecule has 4 nitrogen and oxygen atoms in total. The van der Waals surface area contributed by atoms with Crippen LogP contribution < -0.4 is 0 Å². The average molecular weight is 357 g/mol. The zero-order chi connectivity index (χ0) is 18.5. The summed E-state index contributed by atoms with van der Waals surface area (Å²) in [6, 6.07) is 6.90. The fourth-order valence-corrected chi connectivity index (χ4v) is 4.52. The number of carbonyl (C=O) groups is 1. The number of ether oxygens (including phenoxy) is 1. The number of benzene rings is 1. The highest BCUT2D eigenvalue weighted by Crippen LogP contribution is 2.43. The van der Waals surface area contributed by atoms with E-state index in [9.17, 15) is 4.79 Å². The van der Waals surface area contributed by atoms with Gasteiger partial charge in [0, 0.05) is 36.9 Å². The first-order chi connectivity index (χ1) is 12.7. The lowest BCUT2D eigenvalue weighted by Crippen LogP contribution is -2.39. The third-order valence-corrected chi connectivity index (χ3v) is 5.89. The largest absolute Gasteiger partial charge is 0.385 e. The molecule has 4 heteroatoms. The lowest BCUT2D eigenvalue weighted by Gasteiger charge is -2.39. The normalized spacial score (nSPS) is 20.4. The Morgan fingerprint density at radius 2 is 2.00 bits per heavy atom. The smallest absolute Gasteiger partial charge is 0.210 e. The Morgan fingerprint density at radius 3 is 2.65 bits per heavy atom. The van der Waals surface area contributed by atoms with Crippen molar-refractivity contribution in [2.75, 3.05) is 20.3 Å². The van der Waals surface area contributed by atoms with Gasteiger partial charge in [0.1, 0.15) is 0 Å². The summed E-state index contributed by atoms with van der Waals surface area (Å²) < 4.78 is 4.54. The summed E-state index contributed by atoms with van der Waals surface area (Å²) in [6.07, 6.45) is 8.51. The number of aryl methyl sites for hydroxylation is 1. The van der Waals surface area contributed by atoms with Gasteiger partial charge in [0.05, 0.1) is 6.04 Å². The highest BCUT2D eigenvalue weighted by molar-refractivity contribution is 5.86. The van der Waals surface area contributed by atoms with E-state index in [4.69, 9.17) is 0 Å². The topological polar surface area (TPSA) is 45.3 Å². The standard InChI is InChI=1S/C19H24N2O.C3H8O/c1-13-7-8-17-16(11-13)15-9-10-21(12-22)19(18(15)20-17)14-5-3-2-4-6-14;1-3-4-2/h7-8,11-12,14,19-20H,2-6,9-10H2,1H3;3H2,1-2H3. The lowest BCUT2D eigenvalue weighted by molar-refractivity contribution is -0.122. The van der Waals surface area contributed by atoms with Crippen molar-refractivity contribution in [3.63, 3.8) is 0 Å². The van der Waals surface area contributed by atoms with Crippen LogP contribution in [0.1, 0.15) is 61.9 Å². The quantitative estimate of drug-likeness (QED) is 0.806. The lowest BCUT2D eigenvalue weighted by atomic mass is 9.79. The average Bonchev–Trinajstić information content (AvgIpc) is 3.05. The molecule has 2 aromatic rings. The summed E-state index contributed by atoms with van der Waals surface area (Å²) in [6.45, 7) is 5.79. The third kappa shape index (κ3) is 3.80. The van der Waals surface area contributed by atoms with E-state index < -0.39 is 0 Å². The molecule has 1 aliphatic heterocycles. The fourth-order valence-electron chi connectivity index (χ4n) is 4.52. The van der Waals surface area contributed by atoms with E-state index in [1.54, 1.807) is 7.11 Å². The maximum atomic E-state index is 11.6. The van der Waals surface area contributed by atoms with E-state index in [1.807, 2.05) is 11.8 Å². The summed E-state index contributed by atoms with van der Waals surface area (Å²) in [5.74, 6) is 0.618. The van der Waals surface area contributed by atoms with Crippen molar-refractivity contribution in [1.82, 2.24) is 9.88 Å². The minimum absolute atomic E-state index is 0.259. The van der Waals surface area contributed by atoms with Crippen LogP contribution >= 0.6 is 0 Å². The van der Waals surface area contributed by atoms with Gasteiger partial charge in [-0.05, 0) is 56.7 Å². The number of aromatic nitrogens is 1. The molecule has 1 saturated carbocycles. The van der Waals surface area contributed by atoms with Crippen LogP contribution in [0.25, 0.3) is 10.9 Å². The summed E-state index contributed by atoms with van der Waals surface area (Å²) >= 11 is 0. The van der Waals surface area contributed by atoms with Crippen molar-refractivity contribution in [1.29, 1.82) is 0 Å². The first kappa shape index (κ1) is 19.0. The van der Waals surface area contributed by atoms with Gasteiger partial charge in [0.25, 0.3) is 0 Å². The summed E-state index contributed by atoms with van der Waals surface area (Å²) in [4.78, 5) is 17.3.